The van der Waals surface area contributed by atoms with E-state index < -0.39 is 0 Å². The second-order valence-corrected chi connectivity index (χ2v) is 5.45. The van der Waals surface area contributed by atoms with E-state index in [1.807, 2.05) is 0 Å². The molecule has 0 aromatic rings. The molecule has 0 heterocycles. The molecule has 0 spiro atoms. The number of fused-ring (bicyclic) bond motifs is 2. The van der Waals surface area contributed by atoms with Crippen LogP contribution >= 0.6 is 0 Å². The number of hydrogen-bond acceptors (Lipinski definition) is 1. The zero-order valence-electron chi connectivity index (χ0n) is 8.51. The van der Waals surface area contributed by atoms with Gasteiger partial charge in [-0.2, -0.15) is 0 Å². The molecule has 3 saturated carbocycles. The summed E-state index contributed by atoms with van der Waals surface area (Å²) in [5.41, 5.74) is 6.40. The lowest BCUT2D eigenvalue weighted by Crippen LogP contribution is -2.56. The molecule has 0 aliphatic heterocycles. The molecule has 3 aliphatic carbocycles. The van der Waals surface area contributed by atoms with Crippen LogP contribution in [0.2, 0.25) is 0 Å². The van der Waals surface area contributed by atoms with Gasteiger partial charge in [0.15, 0.2) is 0 Å². The molecule has 3 aliphatic rings. The Bertz CT molecular complexity index is 185. The molecule has 0 aromatic heterocycles. The van der Waals surface area contributed by atoms with Gasteiger partial charge in [-0.1, -0.05) is 20.8 Å². The third-order valence-corrected chi connectivity index (χ3v) is 4.81. The van der Waals surface area contributed by atoms with Crippen LogP contribution in [0.25, 0.3) is 0 Å². The smallest absolute Gasteiger partial charge is 0.00461 e. The van der Waals surface area contributed by atoms with Crippen LogP contribution in [0.15, 0.2) is 0 Å². The molecule has 4 atom stereocenters. The lowest BCUT2D eigenvalue weighted by atomic mass is 9.43. The highest BCUT2D eigenvalue weighted by Crippen LogP contribution is 2.62. The Morgan fingerprint density at radius 1 is 1.33 bits per heavy atom. The van der Waals surface area contributed by atoms with E-state index in [2.05, 4.69) is 20.8 Å². The van der Waals surface area contributed by atoms with Crippen molar-refractivity contribution in [3.8, 4) is 0 Å². The fourth-order valence-corrected chi connectivity index (χ4v) is 3.57. The summed E-state index contributed by atoms with van der Waals surface area (Å²) in [6, 6.07) is 0. The summed E-state index contributed by atoms with van der Waals surface area (Å²) in [4.78, 5) is 0. The third-order valence-electron chi connectivity index (χ3n) is 4.81. The first kappa shape index (κ1) is 8.55. The Morgan fingerprint density at radius 3 is 2.42 bits per heavy atom. The van der Waals surface area contributed by atoms with E-state index in [0.29, 0.717) is 5.41 Å². The predicted molar refractivity (Wildman–Crippen MR) is 51.7 cm³/mol. The molecule has 12 heavy (non-hydrogen) atoms. The quantitative estimate of drug-likeness (QED) is 0.637. The molecular weight excluding hydrogens is 146 g/mol. The van der Waals surface area contributed by atoms with Gasteiger partial charge in [-0.05, 0) is 48.5 Å². The number of hydrogen-bond donors (Lipinski definition) is 1. The van der Waals surface area contributed by atoms with E-state index in [1.54, 1.807) is 0 Å². The van der Waals surface area contributed by atoms with Crippen molar-refractivity contribution < 1.29 is 0 Å². The van der Waals surface area contributed by atoms with Crippen LogP contribution in [-0.2, 0) is 0 Å². The summed E-state index contributed by atoms with van der Waals surface area (Å²) >= 11 is 0. The van der Waals surface area contributed by atoms with Gasteiger partial charge < -0.3 is 5.73 Å². The molecule has 0 unspecified atom stereocenters. The molecule has 3 fully saturated rings. The second-order valence-electron chi connectivity index (χ2n) is 5.45. The highest BCUT2D eigenvalue weighted by atomic mass is 14.7. The van der Waals surface area contributed by atoms with Crippen molar-refractivity contribution in [2.24, 2.45) is 34.8 Å². The van der Waals surface area contributed by atoms with E-state index >= 15 is 0 Å². The lowest BCUT2D eigenvalue weighted by Gasteiger charge is -2.62. The summed E-state index contributed by atoms with van der Waals surface area (Å²) in [6.45, 7) is 8.19. The molecule has 0 aromatic carbocycles. The summed E-state index contributed by atoms with van der Waals surface area (Å²) in [5.74, 6) is 3.63. The largest absolute Gasteiger partial charge is 0.330 e. The first-order valence-electron chi connectivity index (χ1n) is 5.27. The minimum Gasteiger partial charge on any atom is -0.330 e. The van der Waals surface area contributed by atoms with Gasteiger partial charge in [0.1, 0.15) is 0 Å². The standard InChI is InChI=1S/C11H21N/c1-7-8(6-12)4-9-5-10(7)11(9,2)3/h7-10H,4-6,12H2,1-3H3/t7-,8-,9+,10+/m1/s1. The van der Waals surface area contributed by atoms with Crippen LogP contribution in [-0.4, -0.2) is 6.54 Å². The van der Waals surface area contributed by atoms with Crippen LogP contribution in [0.4, 0.5) is 0 Å². The van der Waals surface area contributed by atoms with Crippen molar-refractivity contribution in [2.75, 3.05) is 6.54 Å². The molecule has 2 bridgehead atoms. The molecule has 0 amide bonds. The molecule has 0 radical (unpaired) electrons. The Kier molecular flexibility index (Phi) is 1.76. The van der Waals surface area contributed by atoms with Crippen LogP contribution in [0, 0.1) is 29.1 Å². The Hall–Kier alpha value is -0.0400. The maximum Gasteiger partial charge on any atom is -0.00461 e. The van der Waals surface area contributed by atoms with E-state index in [1.165, 1.54) is 12.8 Å². The van der Waals surface area contributed by atoms with E-state index in [-0.39, 0.29) is 0 Å². The highest BCUT2D eigenvalue weighted by molar-refractivity contribution is 5.04. The average Bonchev–Trinajstić information content (AvgIpc) is 2.03. The van der Waals surface area contributed by atoms with Crippen LogP contribution < -0.4 is 5.73 Å². The zero-order chi connectivity index (χ0) is 8.93. The fraction of sp³-hybridized carbons (Fsp3) is 1.00. The molecule has 1 heteroatoms. The van der Waals surface area contributed by atoms with Gasteiger partial charge in [0.05, 0.1) is 0 Å². The summed E-state index contributed by atoms with van der Waals surface area (Å²) in [5, 5.41) is 0. The molecular formula is C11H21N. The van der Waals surface area contributed by atoms with Gasteiger partial charge in [0.2, 0.25) is 0 Å². The van der Waals surface area contributed by atoms with Crippen molar-refractivity contribution in [1.82, 2.24) is 0 Å². The number of rotatable bonds is 1. The molecule has 2 N–H and O–H groups in total. The van der Waals surface area contributed by atoms with Crippen molar-refractivity contribution in [1.29, 1.82) is 0 Å². The second kappa shape index (κ2) is 2.47. The van der Waals surface area contributed by atoms with Gasteiger partial charge in [-0.15, -0.1) is 0 Å². The van der Waals surface area contributed by atoms with Gasteiger partial charge in [-0.25, -0.2) is 0 Å². The van der Waals surface area contributed by atoms with E-state index in [4.69, 9.17) is 5.73 Å². The molecule has 1 nitrogen and oxygen atoms in total. The molecule has 0 saturated heterocycles. The maximum absolute atomic E-state index is 5.77. The topological polar surface area (TPSA) is 26.0 Å². The normalized spacial score (nSPS) is 50.0. The highest BCUT2D eigenvalue weighted by Gasteiger charge is 2.55. The molecule has 70 valence electrons. The molecule has 3 rings (SSSR count). The van der Waals surface area contributed by atoms with Gasteiger partial charge >= 0.3 is 0 Å². The lowest BCUT2D eigenvalue weighted by molar-refractivity contribution is -0.126. The SMILES string of the molecule is C[C@@H]1[C@@H](CN)C[C@H]2C[C@@H]1C2(C)C. The van der Waals surface area contributed by atoms with Crippen molar-refractivity contribution in [3.05, 3.63) is 0 Å². The van der Waals surface area contributed by atoms with Crippen LogP contribution in [0.1, 0.15) is 33.6 Å². The Labute approximate surface area is 75.7 Å². The predicted octanol–water partition coefficient (Wildman–Crippen LogP) is 2.26. The van der Waals surface area contributed by atoms with Crippen molar-refractivity contribution in [3.63, 3.8) is 0 Å². The zero-order valence-corrected chi connectivity index (χ0v) is 8.51. The average molecular weight is 167 g/mol. The van der Waals surface area contributed by atoms with Gasteiger partial charge in [-0.3, -0.25) is 0 Å². The third kappa shape index (κ3) is 0.891. The van der Waals surface area contributed by atoms with Crippen LogP contribution in [0.5, 0.6) is 0 Å². The summed E-state index contributed by atoms with van der Waals surface area (Å²) in [7, 11) is 0. The van der Waals surface area contributed by atoms with Crippen molar-refractivity contribution >= 4 is 0 Å². The van der Waals surface area contributed by atoms with Crippen LogP contribution in [0.3, 0.4) is 0 Å². The maximum atomic E-state index is 5.77. The summed E-state index contributed by atoms with van der Waals surface area (Å²) in [6.07, 6.45) is 2.87. The Balaban J connectivity index is 2.11. The fourth-order valence-electron chi connectivity index (χ4n) is 3.57. The van der Waals surface area contributed by atoms with Gasteiger partial charge in [0.25, 0.3) is 0 Å². The number of nitrogens with two attached hydrogens (primary N) is 1. The summed E-state index contributed by atoms with van der Waals surface area (Å²) < 4.78 is 0. The van der Waals surface area contributed by atoms with Gasteiger partial charge in [0, 0.05) is 0 Å². The minimum absolute atomic E-state index is 0.630. The van der Waals surface area contributed by atoms with E-state index in [9.17, 15) is 0 Å². The van der Waals surface area contributed by atoms with Crippen molar-refractivity contribution in [2.45, 2.75) is 33.6 Å². The first-order chi connectivity index (χ1) is 5.57. The first-order valence-corrected chi connectivity index (χ1v) is 5.27. The Morgan fingerprint density at radius 2 is 2.00 bits per heavy atom. The minimum atomic E-state index is 0.630. The monoisotopic (exact) mass is 167 g/mol. The van der Waals surface area contributed by atoms with E-state index in [0.717, 1.165) is 30.2 Å².